The van der Waals surface area contributed by atoms with E-state index in [-0.39, 0.29) is 11.8 Å². The number of hydrogen-bond donors (Lipinski definition) is 1. The molecule has 6 heteroatoms. The van der Waals surface area contributed by atoms with Crippen LogP contribution >= 0.6 is 0 Å². The highest BCUT2D eigenvalue weighted by molar-refractivity contribution is 5.25. The van der Waals surface area contributed by atoms with Gasteiger partial charge in [0.1, 0.15) is 0 Å². The minimum atomic E-state index is -0.629. The molecule has 0 spiro atoms. The average Bonchev–Trinajstić information content (AvgIpc) is 2.84. The van der Waals surface area contributed by atoms with Crippen molar-refractivity contribution in [1.29, 1.82) is 0 Å². The summed E-state index contributed by atoms with van der Waals surface area (Å²) in [6.07, 6.45) is 0. The first-order valence-corrected chi connectivity index (χ1v) is 5.93. The summed E-state index contributed by atoms with van der Waals surface area (Å²) in [5.41, 5.74) is -0.629. The summed E-state index contributed by atoms with van der Waals surface area (Å²) in [7, 11) is 3.77. The SMILES string of the molecule is CN(C)c1noc(C2CN3CC2C(C)(O)C3)n1. The lowest BCUT2D eigenvalue weighted by molar-refractivity contribution is -0.000694. The predicted molar refractivity (Wildman–Crippen MR) is 61.9 cm³/mol. The van der Waals surface area contributed by atoms with E-state index in [1.807, 2.05) is 25.9 Å². The minimum Gasteiger partial charge on any atom is -0.388 e. The quantitative estimate of drug-likeness (QED) is 0.777. The van der Waals surface area contributed by atoms with Crippen molar-refractivity contribution in [2.45, 2.75) is 18.4 Å². The Bertz CT molecular complexity index is 429. The van der Waals surface area contributed by atoms with E-state index in [0.29, 0.717) is 11.8 Å². The highest BCUT2D eigenvalue weighted by Crippen LogP contribution is 2.44. The minimum absolute atomic E-state index is 0.167. The van der Waals surface area contributed by atoms with Crippen LogP contribution in [0.2, 0.25) is 0 Å². The smallest absolute Gasteiger partial charge is 0.265 e. The summed E-state index contributed by atoms with van der Waals surface area (Å²) in [5, 5.41) is 14.2. The van der Waals surface area contributed by atoms with Crippen LogP contribution in [0.25, 0.3) is 0 Å². The molecule has 94 valence electrons. The Morgan fingerprint density at radius 2 is 2.24 bits per heavy atom. The highest BCUT2D eigenvalue weighted by atomic mass is 16.5. The molecule has 0 saturated carbocycles. The van der Waals surface area contributed by atoms with E-state index in [0.717, 1.165) is 19.6 Å². The van der Waals surface area contributed by atoms with Crippen LogP contribution in [0.3, 0.4) is 0 Å². The number of fused-ring (bicyclic) bond motifs is 2. The van der Waals surface area contributed by atoms with E-state index in [9.17, 15) is 5.11 Å². The highest BCUT2D eigenvalue weighted by Gasteiger charge is 2.53. The maximum absolute atomic E-state index is 10.3. The van der Waals surface area contributed by atoms with Gasteiger partial charge in [0.05, 0.1) is 11.5 Å². The second kappa shape index (κ2) is 3.43. The van der Waals surface area contributed by atoms with E-state index in [1.54, 1.807) is 0 Å². The Labute approximate surface area is 100 Å². The molecule has 17 heavy (non-hydrogen) atoms. The molecule has 1 aromatic rings. The standard InChI is InChI=1S/C11H18N4O2/c1-11(16)6-15-4-7(8(11)5-15)9-12-10(13-17-9)14(2)3/h7-8,16H,4-6H2,1-3H3. The van der Waals surface area contributed by atoms with Crippen molar-refractivity contribution in [2.24, 2.45) is 5.92 Å². The van der Waals surface area contributed by atoms with Crippen molar-refractivity contribution >= 4 is 5.95 Å². The maximum Gasteiger partial charge on any atom is 0.265 e. The van der Waals surface area contributed by atoms with E-state index < -0.39 is 5.60 Å². The summed E-state index contributed by atoms with van der Waals surface area (Å²) >= 11 is 0. The number of aromatic nitrogens is 2. The molecule has 2 aliphatic heterocycles. The molecule has 3 heterocycles. The molecule has 0 radical (unpaired) electrons. The summed E-state index contributed by atoms with van der Waals surface area (Å²) in [6, 6.07) is 0. The lowest BCUT2D eigenvalue weighted by atomic mass is 9.81. The molecule has 2 saturated heterocycles. The van der Waals surface area contributed by atoms with Crippen LogP contribution in [0.4, 0.5) is 5.95 Å². The van der Waals surface area contributed by atoms with Gasteiger partial charge in [0.25, 0.3) is 5.95 Å². The molecular formula is C11H18N4O2. The first kappa shape index (κ1) is 11.0. The van der Waals surface area contributed by atoms with Gasteiger partial charge in [-0.3, -0.25) is 4.90 Å². The van der Waals surface area contributed by atoms with Gasteiger partial charge in [0.2, 0.25) is 5.89 Å². The molecule has 0 amide bonds. The van der Waals surface area contributed by atoms with Crippen molar-refractivity contribution in [3.05, 3.63) is 5.89 Å². The second-order valence-corrected chi connectivity index (χ2v) is 5.59. The van der Waals surface area contributed by atoms with Crippen molar-refractivity contribution in [2.75, 3.05) is 38.6 Å². The van der Waals surface area contributed by atoms with Gasteiger partial charge in [0.15, 0.2) is 0 Å². The van der Waals surface area contributed by atoms with Gasteiger partial charge in [-0.05, 0) is 12.1 Å². The van der Waals surface area contributed by atoms with Crippen molar-refractivity contribution < 1.29 is 9.63 Å². The van der Waals surface area contributed by atoms with Gasteiger partial charge in [-0.1, -0.05) is 0 Å². The summed E-state index contributed by atoms with van der Waals surface area (Å²) in [4.78, 5) is 8.46. The summed E-state index contributed by atoms with van der Waals surface area (Å²) in [6.45, 7) is 4.49. The molecule has 4 atom stereocenters. The molecule has 0 aliphatic carbocycles. The number of anilines is 1. The Morgan fingerprint density at radius 1 is 1.47 bits per heavy atom. The van der Waals surface area contributed by atoms with Crippen LogP contribution in [0.15, 0.2) is 4.52 Å². The van der Waals surface area contributed by atoms with Crippen LogP contribution in [-0.4, -0.2) is 59.5 Å². The zero-order chi connectivity index (χ0) is 12.2. The Morgan fingerprint density at radius 3 is 2.76 bits per heavy atom. The number of rotatable bonds is 2. The number of nitrogens with zero attached hydrogens (tertiary/aromatic N) is 4. The lowest BCUT2D eigenvalue weighted by Crippen LogP contribution is -2.43. The zero-order valence-electron chi connectivity index (χ0n) is 10.4. The van der Waals surface area contributed by atoms with E-state index in [2.05, 4.69) is 15.0 Å². The molecule has 6 nitrogen and oxygen atoms in total. The third kappa shape index (κ3) is 1.63. The Kier molecular flexibility index (Phi) is 2.21. The van der Waals surface area contributed by atoms with Crippen LogP contribution in [0.1, 0.15) is 18.7 Å². The molecule has 2 bridgehead atoms. The third-order valence-electron chi connectivity index (χ3n) is 3.89. The molecule has 2 aliphatic rings. The fraction of sp³-hybridized carbons (Fsp3) is 0.818. The first-order chi connectivity index (χ1) is 7.97. The van der Waals surface area contributed by atoms with Gasteiger partial charge >= 0.3 is 0 Å². The first-order valence-electron chi connectivity index (χ1n) is 5.93. The Hall–Kier alpha value is -1.14. The van der Waals surface area contributed by atoms with Crippen LogP contribution in [-0.2, 0) is 0 Å². The van der Waals surface area contributed by atoms with Crippen LogP contribution in [0.5, 0.6) is 0 Å². The molecule has 3 rings (SSSR count). The molecule has 1 aromatic heterocycles. The largest absolute Gasteiger partial charge is 0.388 e. The fourth-order valence-electron chi connectivity index (χ4n) is 3.02. The van der Waals surface area contributed by atoms with E-state index in [4.69, 9.17) is 4.52 Å². The molecule has 2 fully saturated rings. The topological polar surface area (TPSA) is 65.6 Å². The zero-order valence-corrected chi connectivity index (χ0v) is 10.4. The number of piperidine rings is 1. The monoisotopic (exact) mass is 238 g/mol. The third-order valence-corrected chi connectivity index (χ3v) is 3.89. The van der Waals surface area contributed by atoms with Crippen molar-refractivity contribution in [3.63, 3.8) is 0 Å². The van der Waals surface area contributed by atoms with Gasteiger partial charge < -0.3 is 14.5 Å². The maximum atomic E-state index is 10.3. The average molecular weight is 238 g/mol. The fourth-order valence-corrected chi connectivity index (χ4v) is 3.02. The lowest BCUT2D eigenvalue weighted by Gasteiger charge is -2.32. The van der Waals surface area contributed by atoms with Gasteiger partial charge in [0, 0.05) is 39.6 Å². The van der Waals surface area contributed by atoms with Crippen LogP contribution < -0.4 is 4.90 Å². The summed E-state index contributed by atoms with van der Waals surface area (Å²) < 4.78 is 5.32. The molecular weight excluding hydrogens is 220 g/mol. The normalized spacial score (nSPS) is 39.9. The number of hydrogen-bond acceptors (Lipinski definition) is 6. The predicted octanol–water partition coefficient (Wildman–Crippen LogP) is -0.0844. The van der Waals surface area contributed by atoms with Gasteiger partial charge in [-0.2, -0.15) is 4.98 Å². The Balaban J connectivity index is 1.85. The van der Waals surface area contributed by atoms with Crippen molar-refractivity contribution in [1.82, 2.24) is 15.0 Å². The van der Waals surface area contributed by atoms with E-state index in [1.165, 1.54) is 0 Å². The molecule has 4 unspecified atom stereocenters. The van der Waals surface area contributed by atoms with Gasteiger partial charge in [-0.25, -0.2) is 0 Å². The van der Waals surface area contributed by atoms with Crippen molar-refractivity contribution in [3.8, 4) is 0 Å². The summed E-state index contributed by atoms with van der Waals surface area (Å²) in [5.74, 6) is 1.62. The molecule has 1 N–H and O–H groups in total. The second-order valence-electron chi connectivity index (χ2n) is 5.59. The van der Waals surface area contributed by atoms with E-state index >= 15 is 0 Å². The van der Waals surface area contributed by atoms with Gasteiger partial charge in [-0.15, -0.1) is 0 Å². The molecule has 0 aromatic carbocycles. The number of aliphatic hydroxyl groups is 1. The van der Waals surface area contributed by atoms with Crippen LogP contribution in [0, 0.1) is 5.92 Å².